The molecule has 0 spiro atoms. The maximum atomic E-state index is 12.2. The summed E-state index contributed by atoms with van der Waals surface area (Å²) >= 11 is 5.99. The van der Waals surface area contributed by atoms with Crippen molar-refractivity contribution in [3.05, 3.63) is 59.1 Å². The zero-order valence-electron chi connectivity index (χ0n) is 14.7. The van der Waals surface area contributed by atoms with E-state index < -0.39 is 34.5 Å². The van der Waals surface area contributed by atoms with Crippen LogP contribution in [-0.2, 0) is 24.3 Å². The number of sulfonamides is 1. The maximum Gasteiger partial charge on any atom is 0.321 e. The van der Waals surface area contributed by atoms with Crippen molar-refractivity contribution in [2.45, 2.75) is 24.8 Å². The molecule has 144 valence electrons. The summed E-state index contributed by atoms with van der Waals surface area (Å²) in [6.45, 7) is 2.54. The van der Waals surface area contributed by atoms with Gasteiger partial charge in [-0.25, -0.2) is 8.42 Å². The van der Waals surface area contributed by atoms with Gasteiger partial charge in [0.25, 0.3) is 5.91 Å². The van der Waals surface area contributed by atoms with E-state index in [2.05, 4.69) is 10.0 Å². The first-order chi connectivity index (χ1) is 12.7. The fourth-order valence-electron chi connectivity index (χ4n) is 2.11. The molecule has 0 saturated heterocycles. The number of carbonyl (C=O) groups excluding carboxylic acids is 2. The van der Waals surface area contributed by atoms with Crippen LogP contribution >= 0.6 is 11.6 Å². The molecule has 2 N–H and O–H groups in total. The summed E-state index contributed by atoms with van der Waals surface area (Å²) in [4.78, 5) is 24.1. The molecule has 0 fully saturated rings. The highest BCUT2D eigenvalue weighted by Gasteiger charge is 2.21. The number of esters is 1. The van der Waals surface area contributed by atoms with E-state index in [1.807, 2.05) is 0 Å². The molecule has 2 rings (SSSR count). The van der Waals surface area contributed by atoms with Gasteiger partial charge in [-0.05, 0) is 43.7 Å². The summed E-state index contributed by atoms with van der Waals surface area (Å²) < 4.78 is 31.2. The fraction of sp³-hybridized carbons (Fsp3) is 0.222. The van der Waals surface area contributed by atoms with Gasteiger partial charge in [0.05, 0.1) is 4.90 Å². The minimum Gasteiger partial charge on any atom is -0.452 e. The number of ether oxygens (including phenoxy) is 1. The number of carbonyl (C=O) groups is 2. The highest BCUT2D eigenvalue weighted by molar-refractivity contribution is 7.89. The van der Waals surface area contributed by atoms with E-state index in [0.29, 0.717) is 16.3 Å². The van der Waals surface area contributed by atoms with E-state index in [4.69, 9.17) is 16.3 Å². The third-order valence-corrected chi connectivity index (χ3v) is 5.49. The molecule has 2 aromatic rings. The SMILES string of the molecule is Cc1c(Cl)cccc1NC(=O)[C@H](C)OC(=O)CNS(=O)(=O)c1ccccc1. The van der Waals surface area contributed by atoms with Crippen molar-refractivity contribution in [2.75, 3.05) is 11.9 Å². The lowest BCUT2D eigenvalue weighted by molar-refractivity contribution is -0.151. The lowest BCUT2D eigenvalue weighted by Crippen LogP contribution is -2.35. The Balaban J connectivity index is 1.89. The van der Waals surface area contributed by atoms with Crippen molar-refractivity contribution in [1.82, 2.24) is 4.72 Å². The van der Waals surface area contributed by atoms with Crippen LogP contribution in [0.4, 0.5) is 5.69 Å². The molecule has 0 aliphatic heterocycles. The summed E-state index contributed by atoms with van der Waals surface area (Å²) in [5.74, 6) is -1.43. The van der Waals surface area contributed by atoms with Crippen molar-refractivity contribution in [1.29, 1.82) is 0 Å². The number of benzene rings is 2. The molecule has 27 heavy (non-hydrogen) atoms. The highest BCUT2D eigenvalue weighted by Crippen LogP contribution is 2.23. The number of nitrogens with one attached hydrogen (secondary N) is 2. The van der Waals surface area contributed by atoms with Crippen molar-refractivity contribution in [2.24, 2.45) is 0 Å². The van der Waals surface area contributed by atoms with Gasteiger partial charge < -0.3 is 10.1 Å². The van der Waals surface area contributed by atoms with Crippen molar-refractivity contribution in [3.63, 3.8) is 0 Å². The topological polar surface area (TPSA) is 102 Å². The molecule has 1 amide bonds. The van der Waals surface area contributed by atoms with E-state index in [9.17, 15) is 18.0 Å². The maximum absolute atomic E-state index is 12.2. The first kappa shape index (κ1) is 20.9. The van der Waals surface area contributed by atoms with E-state index in [-0.39, 0.29) is 4.90 Å². The predicted molar refractivity (Wildman–Crippen MR) is 102 cm³/mol. The number of anilines is 1. The van der Waals surface area contributed by atoms with Crippen LogP contribution in [0.1, 0.15) is 12.5 Å². The van der Waals surface area contributed by atoms with Gasteiger partial charge in [-0.15, -0.1) is 0 Å². The molecule has 2 aromatic carbocycles. The van der Waals surface area contributed by atoms with E-state index in [1.54, 1.807) is 43.3 Å². The Hall–Kier alpha value is -2.42. The molecule has 1 atom stereocenters. The number of rotatable bonds is 7. The second-order valence-corrected chi connectivity index (χ2v) is 7.85. The number of amides is 1. The van der Waals surface area contributed by atoms with Gasteiger partial charge in [-0.2, -0.15) is 4.72 Å². The second-order valence-electron chi connectivity index (χ2n) is 5.67. The third-order valence-electron chi connectivity index (χ3n) is 3.66. The monoisotopic (exact) mass is 410 g/mol. The average Bonchev–Trinajstić information content (AvgIpc) is 2.64. The summed E-state index contributed by atoms with van der Waals surface area (Å²) in [5.41, 5.74) is 1.18. The standard InChI is InChI=1S/C18H19ClN2O5S/c1-12-15(19)9-6-10-16(12)21-18(23)13(2)26-17(22)11-20-27(24,25)14-7-4-3-5-8-14/h3-10,13,20H,11H2,1-2H3,(H,21,23)/t13-/m0/s1. The van der Waals surface area contributed by atoms with Gasteiger partial charge in [0.1, 0.15) is 6.54 Å². The average molecular weight is 411 g/mol. The Kier molecular flexibility index (Phi) is 6.95. The number of halogens is 1. The van der Waals surface area contributed by atoms with Gasteiger partial charge in [0.2, 0.25) is 10.0 Å². The van der Waals surface area contributed by atoms with E-state index in [0.717, 1.165) is 0 Å². The van der Waals surface area contributed by atoms with Gasteiger partial charge in [-0.1, -0.05) is 35.9 Å². The molecule has 0 aromatic heterocycles. The first-order valence-electron chi connectivity index (χ1n) is 8.01. The molecule has 7 nitrogen and oxygen atoms in total. The van der Waals surface area contributed by atoms with Crippen LogP contribution in [0.15, 0.2) is 53.4 Å². The lowest BCUT2D eigenvalue weighted by Gasteiger charge is -2.15. The minimum absolute atomic E-state index is 0.0278. The van der Waals surface area contributed by atoms with Crippen LogP contribution in [0.25, 0.3) is 0 Å². The van der Waals surface area contributed by atoms with Crippen LogP contribution in [0.3, 0.4) is 0 Å². The molecule has 0 heterocycles. The molecule has 0 unspecified atom stereocenters. The minimum atomic E-state index is -3.84. The smallest absolute Gasteiger partial charge is 0.321 e. The summed E-state index contributed by atoms with van der Waals surface area (Å²) in [5, 5.41) is 3.11. The predicted octanol–water partition coefficient (Wildman–Crippen LogP) is 2.50. The summed E-state index contributed by atoms with van der Waals surface area (Å²) in [6.07, 6.45) is -1.11. The van der Waals surface area contributed by atoms with Crippen LogP contribution in [0.2, 0.25) is 5.02 Å². The fourth-order valence-corrected chi connectivity index (χ4v) is 3.27. The van der Waals surface area contributed by atoms with Crippen LogP contribution in [-0.4, -0.2) is 32.9 Å². The van der Waals surface area contributed by atoms with Crippen LogP contribution in [0, 0.1) is 6.92 Å². The molecule has 0 radical (unpaired) electrons. The quantitative estimate of drug-likeness (QED) is 0.683. The van der Waals surface area contributed by atoms with Crippen molar-refractivity contribution >= 4 is 39.2 Å². The van der Waals surface area contributed by atoms with Crippen molar-refractivity contribution in [3.8, 4) is 0 Å². The highest BCUT2D eigenvalue weighted by atomic mass is 35.5. The zero-order chi connectivity index (χ0) is 20.0. The normalized spacial score (nSPS) is 12.3. The summed E-state index contributed by atoms with van der Waals surface area (Å²) in [6, 6.07) is 12.6. The Morgan fingerprint density at radius 2 is 1.78 bits per heavy atom. The number of hydrogen-bond donors (Lipinski definition) is 2. The van der Waals surface area contributed by atoms with Crippen molar-refractivity contribution < 1.29 is 22.7 Å². The van der Waals surface area contributed by atoms with E-state index in [1.165, 1.54) is 19.1 Å². The van der Waals surface area contributed by atoms with Gasteiger partial charge >= 0.3 is 5.97 Å². The molecule has 0 aliphatic carbocycles. The molecule has 0 saturated carbocycles. The second kappa shape index (κ2) is 8.98. The van der Waals surface area contributed by atoms with Gasteiger partial charge in [-0.3, -0.25) is 9.59 Å². The molecular formula is C18H19ClN2O5S. The Bertz CT molecular complexity index is 932. The summed E-state index contributed by atoms with van der Waals surface area (Å²) in [7, 11) is -3.84. The largest absolute Gasteiger partial charge is 0.452 e. The van der Waals surface area contributed by atoms with Crippen LogP contribution < -0.4 is 10.0 Å². The molecule has 0 bridgehead atoms. The van der Waals surface area contributed by atoms with Gasteiger partial charge in [0, 0.05) is 10.7 Å². The zero-order valence-corrected chi connectivity index (χ0v) is 16.3. The van der Waals surface area contributed by atoms with E-state index >= 15 is 0 Å². The Labute approximate surface area is 162 Å². The third kappa shape index (κ3) is 5.78. The molecule has 0 aliphatic rings. The molecular weight excluding hydrogens is 392 g/mol. The lowest BCUT2D eigenvalue weighted by atomic mass is 10.2. The van der Waals surface area contributed by atoms with Crippen LogP contribution in [0.5, 0.6) is 0 Å². The molecule has 9 heteroatoms. The Morgan fingerprint density at radius 3 is 2.44 bits per heavy atom. The van der Waals surface area contributed by atoms with Gasteiger partial charge in [0.15, 0.2) is 6.10 Å². The first-order valence-corrected chi connectivity index (χ1v) is 9.87. The Morgan fingerprint density at radius 1 is 1.11 bits per heavy atom. The number of hydrogen-bond acceptors (Lipinski definition) is 5.